The van der Waals surface area contributed by atoms with Crippen LogP contribution in [0.15, 0.2) is 72.9 Å². The summed E-state index contributed by atoms with van der Waals surface area (Å²) in [6, 6.07) is -0.532. The van der Waals surface area contributed by atoms with Crippen LogP contribution in [0, 0.1) is 0 Å². The zero-order chi connectivity index (χ0) is 38.6. The summed E-state index contributed by atoms with van der Waals surface area (Å²) < 4.78 is 0. The van der Waals surface area contributed by atoms with Gasteiger partial charge in [-0.2, -0.15) is 0 Å². The Bertz CT molecular complexity index is 930. The van der Waals surface area contributed by atoms with Crippen LogP contribution in [-0.2, 0) is 4.79 Å². The summed E-state index contributed by atoms with van der Waals surface area (Å²) in [5, 5.41) is 22.7. The Labute approximate surface area is 329 Å². The van der Waals surface area contributed by atoms with Gasteiger partial charge in [-0.1, -0.05) is 215 Å². The molecule has 0 aliphatic heterocycles. The van der Waals surface area contributed by atoms with E-state index < -0.39 is 12.1 Å². The Hall–Kier alpha value is -2.17. The average Bonchev–Trinajstić information content (AvgIpc) is 3.16. The van der Waals surface area contributed by atoms with E-state index in [0.717, 1.165) is 77.0 Å². The quantitative estimate of drug-likeness (QED) is 0.0433. The van der Waals surface area contributed by atoms with Crippen LogP contribution in [0.2, 0.25) is 0 Å². The molecule has 0 aliphatic carbocycles. The van der Waals surface area contributed by atoms with E-state index in [-0.39, 0.29) is 12.5 Å². The topological polar surface area (TPSA) is 69.6 Å². The standard InChI is InChI=1S/C49H87NO3/c1-3-5-7-9-10-11-12-13-14-15-16-17-18-19-20-21-22-23-24-25-26-27-28-29-30-31-32-33-34-35-36-37-38-39-40-41-43-45-49(53)50-47(46-51)48(52)44-42-8-6-4-2/h5,7,10-11,13-14,16-17,19-20,22-23,47-48,51-52H,3-4,6,8-9,12,15,18,21,24-46H2,1-2H3,(H,50,53)/b7-5-,11-10-,14-13-,17-16-,20-19-,23-22-. The minimum Gasteiger partial charge on any atom is -0.394 e. The molecule has 0 aromatic carbocycles. The highest BCUT2D eigenvalue weighted by Gasteiger charge is 2.19. The number of aliphatic hydroxyl groups is 2. The number of carbonyl (C=O) groups excluding carboxylic acids is 1. The molecule has 0 aromatic heterocycles. The first kappa shape index (κ1) is 50.8. The molecule has 4 heteroatoms. The molecule has 3 N–H and O–H groups in total. The highest BCUT2D eigenvalue weighted by Crippen LogP contribution is 2.15. The van der Waals surface area contributed by atoms with Crippen molar-refractivity contribution in [3.8, 4) is 0 Å². The maximum atomic E-state index is 12.2. The Morgan fingerprint density at radius 2 is 0.830 bits per heavy atom. The van der Waals surface area contributed by atoms with Gasteiger partial charge in [0, 0.05) is 6.42 Å². The number of hydrogen-bond donors (Lipinski definition) is 3. The smallest absolute Gasteiger partial charge is 0.220 e. The third-order valence-corrected chi connectivity index (χ3v) is 9.98. The van der Waals surface area contributed by atoms with E-state index in [4.69, 9.17) is 0 Å². The van der Waals surface area contributed by atoms with Gasteiger partial charge in [0.25, 0.3) is 0 Å². The molecule has 0 radical (unpaired) electrons. The molecule has 4 nitrogen and oxygen atoms in total. The molecule has 0 rings (SSSR count). The predicted molar refractivity (Wildman–Crippen MR) is 234 cm³/mol. The second-order valence-corrected chi connectivity index (χ2v) is 15.1. The van der Waals surface area contributed by atoms with Crippen LogP contribution in [0.4, 0.5) is 0 Å². The number of aliphatic hydroxyl groups excluding tert-OH is 2. The van der Waals surface area contributed by atoms with Crippen LogP contribution in [0.1, 0.15) is 213 Å². The molecule has 0 bridgehead atoms. The van der Waals surface area contributed by atoms with E-state index in [1.165, 1.54) is 109 Å². The van der Waals surface area contributed by atoms with Crippen molar-refractivity contribution in [1.29, 1.82) is 0 Å². The van der Waals surface area contributed by atoms with Gasteiger partial charge in [0.2, 0.25) is 5.91 Å². The number of rotatable bonds is 40. The zero-order valence-electron chi connectivity index (χ0n) is 35.0. The van der Waals surface area contributed by atoms with Gasteiger partial charge in [-0.15, -0.1) is 0 Å². The number of allylic oxidation sites excluding steroid dienone is 12. The van der Waals surface area contributed by atoms with Gasteiger partial charge < -0.3 is 15.5 Å². The van der Waals surface area contributed by atoms with Gasteiger partial charge in [0.15, 0.2) is 0 Å². The van der Waals surface area contributed by atoms with Gasteiger partial charge in [0.1, 0.15) is 0 Å². The van der Waals surface area contributed by atoms with Crippen LogP contribution in [0.25, 0.3) is 0 Å². The molecule has 0 spiro atoms. The summed E-state index contributed by atoms with van der Waals surface area (Å²) in [4.78, 5) is 12.2. The molecule has 53 heavy (non-hydrogen) atoms. The van der Waals surface area contributed by atoms with E-state index in [9.17, 15) is 15.0 Å². The second kappa shape index (κ2) is 44.2. The van der Waals surface area contributed by atoms with Crippen molar-refractivity contribution in [2.45, 2.75) is 225 Å². The summed E-state index contributed by atoms with van der Waals surface area (Å²) in [6.45, 7) is 4.13. The van der Waals surface area contributed by atoms with Crippen molar-refractivity contribution >= 4 is 5.91 Å². The fraction of sp³-hybridized carbons (Fsp3) is 0.735. The van der Waals surface area contributed by atoms with Crippen LogP contribution in [0.5, 0.6) is 0 Å². The van der Waals surface area contributed by atoms with E-state index in [2.05, 4.69) is 92.1 Å². The Morgan fingerprint density at radius 3 is 1.23 bits per heavy atom. The van der Waals surface area contributed by atoms with Crippen LogP contribution in [-0.4, -0.2) is 34.9 Å². The van der Waals surface area contributed by atoms with E-state index >= 15 is 0 Å². The fourth-order valence-electron chi connectivity index (χ4n) is 6.54. The van der Waals surface area contributed by atoms with Gasteiger partial charge in [-0.05, 0) is 64.2 Å². The molecule has 1 amide bonds. The first-order valence-corrected chi connectivity index (χ1v) is 22.6. The van der Waals surface area contributed by atoms with Crippen LogP contribution >= 0.6 is 0 Å². The number of amides is 1. The van der Waals surface area contributed by atoms with Crippen LogP contribution in [0.3, 0.4) is 0 Å². The highest BCUT2D eigenvalue weighted by molar-refractivity contribution is 5.76. The lowest BCUT2D eigenvalue weighted by atomic mass is 10.0. The first-order valence-electron chi connectivity index (χ1n) is 22.6. The van der Waals surface area contributed by atoms with Crippen molar-refractivity contribution in [2.75, 3.05) is 6.61 Å². The Balaban J connectivity index is 3.39. The van der Waals surface area contributed by atoms with E-state index in [1.54, 1.807) is 0 Å². The molecule has 2 unspecified atom stereocenters. The molecule has 2 atom stereocenters. The Kier molecular flexibility index (Phi) is 42.4. The van der Waals surface area contributed by atoms with Crippen molar-refractivity contribution in [2.24, 2.45) is 0 Å². The summed E-state index contributed by atoms with van der Waals surface area (Å²) in [6.07, 6.45) is 63.3. The second-order valence-electron chi connectivity index (χ2n) is 15.1. The van der Waals surface area contributed by atoms with Crippen LogP contribution < -0.4 is 5.32 Å². The molecule has 0 saturated heterocycles. The van der Waals surface area contributed by atoms with Crippen molar-refractivity contribution < 1.29 is 15.0 Å². The minimum absolute atomic E-state index is 0.0416. The van der Waals surface area contributed by atoms with Crippen molar-refractivity contribution in [3.05, 3.63) is 72.9 Å². The largest absolute Gasteiger partial charge is 0.394 e. The molecule has 0 heterocycles. The molecular formula is C49H87NO3. The van der Waals surface area contributed by atoms with Gasteiger partial charge in [0.05, 0.1) is 18.8 Å². The van der Waals surface area contributed by atoms with E-state index in [0.29, 0.717) is 12.8 Å². The monoisotopic (exact) mass is 738 g/mol. The molecular weight excluding hydrogens is 651 g/mol. The summed E-state index contributed by atoms with van der Waals surface area (Å²) in [7, 11) is 0. The third kappa shape index (κ3) is 40.8. The molecule has 0 aliphatic rings. The lowest BCUT2D eigenvalue weighted by Gasteiger charge is -2.22. The summed E-state index contributed by atoms with van der Waals surface area (Å²) >= 11 is 0. The predicted octanol–water partition coefficient (Wildman–Crippen LogP) is 14.3. The first-order chi connectivity index (χ1) is 26.2. The maximum absolute atomic E-state index is 12.2. The van der Waals surface area contributed by atoms with Gasteiger partial charge in [-0.3, -0.25) is 4.79 Å². The normalized spacial score (nSPS) is 13.7. The van der Waals surface area contributed by atoms with Gasteiger partial charge in [-0.25, -0.2) is 0 Å². The Morgan fingerprint density at radius 1 is 0.472 bits per heavy atom. The highest BCUT2D eigenvalue weighted by atomic mass is 16.3. The third-order valence-electron chi connectivity index (χ3n) is 9.98. The minimum atomic E-state index is -0.655. The average molecular weight is 738 g/mol. The van der Waals surface area contributed by atoms with E-state index in [1.807, 2.05) is 0 Å². The SMILES string of the molecule is CC/C=C\C/C=C\C/C=C\C/C=C\C/C=C\C/C=C\CCCCCCCCCCCCCCCCCCCCC(=O)NC(CO)C(O)CCCCCC. The molecule has 306 valence electrons. The molecule has 0 fully saturated rings. The number of nitrogens with one attached hydrogen (secondary N) is 1. The van der Waals surface area contributed by atoms with Gasteiger partial charge >= 0.3 is 0 Å². The zero-order valence-corrected chi connectivity index (χ0v) is 35.0. The lowest BCUT2D eigenvalue weighted by Crippen LogP contribution is -2.45. The number of carbonyl (C=O) groups is 1. The fourth-order valence-corrected chi connectivity index (χ4v) is 6.54. The maximum Gasteiger partial charge on any atom is 0.220 e. The van der Waals surface area contributed by atoms with Crippen molar-refractivity contribution in [3.63, 3.8) is 0 Å². The number of unbranched alkanes of at least 4 members (excludes halogenated alkanes) is 21. The molecule has 0 saturated carbocycles. The lowest BCUT2D eigenvalue weighted by molar-refractivity contribution is -0.123. The number of hydrogen-bond acceptors (Lipinski definition) is 3. The summed E-state index contributed by atoms with van der Waals surface area (Å²) in [5.41, 5.74) is 0. The summed E-state index contributed by atoms with van der Waals surface area (Å²) in [5.74, 6) is -0.0416. The van der Waals surface area contributed by atoms with Crippen molar-refractivity contribution in [1.82, 2.24) is 5.32 Å². The molecule has 0 aromatic rings.